The predicted octanol–water partition coefficient (Wildman–Crippen LogP) is 2.50. The first kappa shape index (κ1) is 14.5. The molecular weight excluding hydrogens is 256 g/mol. The molecule has 0 spiro atoms. The van der Waals surface area contributed by atoms with E-state index >= 15 is 0 Å². The van der Waals surface area contributed by atoms with Gasteiger partial charge in [-0.1, -0.05) is 20.8 Å². The molecule has 1 aliphatic heterocycles. The molecule has 5 heteroatoms. The maximum atomic E-state index is 12.6. The topological polar surface area (TPSA) is 64.8 Å². The van der Waals surface area contributed by atoms with Crippen LogP contribution >= 0.6 is 0 Å². The van der Waals surface area contributed by atoms with Crippen LogP contribution in [0.15, 0.2) is 12.1 Å². The van der Waals surface area contributed by atoms with Gasteiger partial charge >= 0.3 is 0 Å². The van der Waals surface area contributed by atoms with Crippen LogP contribution in [0.1, 0.15) is 38.1 Å². The van der Waals surface area contributed by atoms with Crippen molar-refractivity contribution in [3.63, 3.8) is 0 Å². The summed E-state index contributed by atoms with van der Waals surface area (Å²) in [5, 5.41) is 0. The van der Waals surface area contributed by atoms with E-state index in [2.05, 4.69) is 20.8 Å². The van der Waals surface area contributed by atoms with Crippen LogP contribution in [0, 0.1) is 5.41 Å². The van der Waals surface area contributed by atoms with Crippen LogP contribution in [0.25, 0.3) is 0 Å². The highest BCUT2D eigenvalue weighted by Crippen LogP contribution is 2.36. The molecule has 0 saturated heterocycles. The second-order valence-electron chi connectivity index (χ2n) is 6.25. The molecule has 1 aromatic carbocycles. The normalized spacial score (nSPS) is 15.1. The fourth-order valence-electron chi connectivity index (χ4n) is 2.09. The van der Waals surface area contributed by atoms with Crippen LogP contribution < -0.4 is 15.2 Å². The Balaban J connectivity index is 2.30. The number of nitrogens with zero attached hydrogens (tertiary/aromatic N) is 1. The van der Waals surface area contributed by atoms with Gasteiger partial charge in [0, 0.05) is 24.8 Å². The maximum absolute atomic E-state index is 12.6. The first-order valence-electron chi connectivity index (χ1n) is 6.68. The number of amides is 1. The van der Waals surface area contributed by atoms with Gasteiger partial charge in [0.25, 0.3) is 5.91 Å². The summed E-state index contributed by atoms with van der Waals surface area (Å²) in [6.45, 7) is 8.50. The van der Waals surface area contributed by atoms with Crippen molar-refractivity contribution >= 4 is 11.6 Å². The number of ether oxygens (including phenoxy) is 2. The average Bonchev–Trinajstić information content (AvgIpc) is 2.81. The molecule has 110 valence electrons. The fraction of sp³-hybridized carbons (Fsp3) is 0.533. The number of nitrogen functional groups attached to an aromatic ring is 1. The lowest BCUT2D eigenvalue weighted by atomic mass is 9.87. The molecule has 1 aromatic rings. The average molecular weight is 278 g/mol. The zero-order chi connectivity index (χ0) is 15.1. The molecule has 0 aliphatic carbocycles. The lowest BCUT2D eigenvalue weighted by Crippen LogP contribution is -2.43. The SMILES string of the molecule is CC(N(C)C(=O)c1cc2c(cc1N)OCO2)C(C)(C)C. The Morgan fingerprint density at radius 3 is 2.40 bits per heavy atom. The van der Waals surface area contributed by atoms with Gasteiger partial charge < -0.3 is 20.1 Å². The summed E-state index contributed by atoms with van der Waals surface area (Å²) >= 11 is 0. The Labute approximate surface area is 119 Å². The highest BCUT2D eigenvalue weighted by atomic mass is 16.7. The Kier molecular flexibility index (Phi) is 3.54. The molecule has 1 amide bonds. The third kappa shape index (κ3) is 2.53. The quantitative estimate of drug-likeness (QED) is 0.844. The lowest BCUT2D eigenvalue weighted by molar-refractivity contribution is 0.0630. The number of nitrogens with two attached hydrogens (primary N) is 1. The highest BCUT2D eigenvalue weighted by Gasteiger charge is 2.29. The van der Waals surface area contributed by atoms with Crippen LogP contribution in [-0.2, 0) is 0 Å². The highest BCUT2D eigenvalue weighted by molar-refractivity contribution is 6.00. The van der Waals surface area contributed by atoms with Crippen molar-refractivity contribution in [2.24, 2.45) is 5.41 Å². The van der Waals surface area contributed by atoms with E-state index in [1.807, 2.05) is 6.92 Å². The molecule has 20 heavy (non-hydrogen) atoms. The standard InChI is InChI=1S/C15H22N2O3/c1-9(15(2,3)4)17(5)14(18)10-6-12-13(7-11(10)16)20-8-19-12/h6-7,9H,8,16H2,1-5H3. The minimum absolute atomic E-state index is 0.00445. The lowest BCUT2D eigenvalue weighted by Gasteiger charge is -2.35. The van der Waals surface area contributed by atoms with Gasteiger partial charge in [0.2, 0.25) is 6.79 Å². The van der Waals surface area contributed by atoms with E-state index in [0.717, 1.165) is 0 Å². The Morgan fingerprint density at radius 1 is 1.30 bits per heavy atom. The van der Waals surface area contributed by atoms with Gasteiger partial charge in [0.15, 0.2) is 11.5 Å². The zero-order valence-corrected chi connectivity index (χ0v) is 12.7. The zero-order valence-electron chi connectivity index (χ0n) is 12.7. The van der Waals surface area contributed by atoms with Gasteiger partial charge in [-0.15, -0.1) is 0 Å². The van der Waals surface area contributed by atoms with Crippen LogP contribution in [-0.4, -0.2) is 30.7 Å². The van der Waals surface area contributed by atoms with E-state index in [-0.39, 0.29) is 24.2 Å². The second-order valence-corrected chi connectivity index (χ2v) is 6.25. The summed E-state index contributed by atoms with van der Waals surface area (Å²) in [7, 11) is 1.79. The van der Waals surface area contributed by atoms with E-state index in [1.54, 1.807) is 24.1 Å². The van der Waals surface area contributed by atoms with Gasteiger partial charge in [-0.25, -0.2) is 0 Å². The summed E-state index contributed by atoms with van der Waals surface area (Å²) in [5.41, 5.74) is 6.82. The molecule has 1 atom stereocenters. The molecular formula is C15H22N2O3. The number of fused-ring (bicyclic) bond motifs is 1. The molecule has 1 unspecified atom stereocenters. The van der Waals surface area contributed by atoms with Crippen LogP contribution in [0.4, 0.5) is 5.69 Å². The fourth-order valence-corrected chi connectivity index (χ4v) is 2.09. The summed E-state index contributed by atoms with van der Waals surface area (Å²) in [6.07, 6.45) is 0. The minimum atomic E-state index is -0.108. The Hall–Kier alpha value is -1.91. The largest absolute Gasteiger partial charge is 0.454 e. The molecule has 5 nitrogen and oxygen atoms in total. The van der Waals surface area contributed by atoms with Crippen molar-refractivity contribution in [2.45, 2.75) is 33.7 Å². The van der Waals surface area contributed by atoms with Gasteiger partial charge in [0.1, 0.15) is 0 Å². The van der Waals surface area contributed by atoms with Crippen molar-refractivity contribution in [3.8, 4) is 11.5 Å². The van der Waals surface area contributed by atoms with E-state index in [0.29, 0.717) is 22.7 Å². The molecule has 0 radical (unpaired) electrons. The van der Waals surface area contributed by atoms with E-state index in [4.69, 9.17) is 15.2 Å². The van der Waals surface area contributed by atoms with Crippen molar-refractivity contribution in [2.75, 3.05) is 19.6 Å². The van der Waals surface area contributed by atoms with Gasteiger partial charge in [0.05, 0.1) is 5.56 Å². The second kappa shape index (κ2) is 4.89. The Bertz CT molecular complexity index is 535. The van der Waals surface area contributed by atoms with E-state index in [1.165, 1.54) is 0 Å². The van der Waals surface area contributed by atoms with Gasteiger partial charge in [-0.2, -0.15) is 0 Å². The van der Waals surface area contributed by atoms with Crippen LogP contribution in [0.3, 0.4) is 0 Å². The molecule has 1 heterocycles. The third-order valence-electron chi connectivity index (χ3n) is 3.93. The summed E-state index contributed by atoms with van der Waals surface area (Å²) < 4.78 is 10.6. The first-order chi connectivity index (χ1) is 9.21. The van der Waals surface area contributed by atoms with Gasteiger partial charge in [-0.3, -0.25) is 4.79 Å². The van der Waals surface area contributed by atoms with Crippen molar-refractivity contribution in [3.05, 3.63) is 17.7 Å². The predicted molar refractivity (Wildman–Crippen MR) is 78.0 cm³/mol. The number of hydrogen-bond donors (Lipinski definition) is 1. The summed E-state index contributed by atoms with van der Waals surface area (Å²) in [4.78, 5) is 14.3. The number of rotatable bonds is 2. The molecule has 0 bridgehead atoms. The number of carbonyl (C=O) groups is 1. The number of anilines is 1. The van der Waals surface area contributed by atoms with Crippen LogP contribution in [0.2, 0.25) is 0 Å². The summed E-state index contributed by atoms with van der Waals surface area (Å²) in [5.74, 6) is 1.05. The van der Waals surface area contributed by atoms with E-state index < -0.39 is 0 Å². The summed E-state index contributed by atoms with van der Waals surface area (Å²) in [6, 6.07) is 3.39. The van der Waals surface area contributed by atoms with E-state index in [9.17, 15) is 4.79 Å². The van der Waals surface area contributed by atoms with Gasteiger partial charge in [-0.05, 0) is 18.4 Å². The molecule has 1 aliphatic rings. The Morgan fingerprint density at radius 2 is 1.85 bits per heavy atom. The van der Waals surface area contributed by atoms with Crippen molar-refractivity contribution < 1.29 is 14.3 Å². The third-order valence-corrected chi connectivity index (χ3v) is 3.93. The molecule has 2 rings (SSSR count). The number of hydrogen-bond acceptors (Lipinski definition) is 4. The number of benzene rings is 1. The van der Waals surface area contributed by atoms with Crippen molar-refractivity contribution in [1.29, 1.82) is 0 Å². The monoisotopic (exact) mass is 278 g/mol. The molecule has 0 saturated carbocycles. The molecule has 0 aromatic heterocycles. The molecule has 0 fully saturated rings. The van der Waals surface area contributed by atoms with Crippen LogP contribution in [0.5, 0.6) is 11.5 Å². The first-order valence-corrected chi connectivity index (χ1v) is 6.68. The molecule has 2 N–H and O–H groups in total. The minimum Gasteiger partial charge on any atom is -0.454 e. The number of carbonyl (C=O) groups excluding carboxylic acids is 1. The maximum Gasteiger partial charge on any atom is 0.256 e. The van der Waals surface area contributed by atoms with Crippen molar-refractivity contribution in [1.82, 2.24) is 4.90 Å². The smallest absolute Gasteiger partial charge is 0.256 e.